The van der Waals surface area contributed by atoms with Gasteiger partial charge in [-0.2, -0.15) is 0 Å². The van der Waals surface area contributed by atoms with E-state index in [1.807, 2.05) is 30.2 Å². The lowest BCUT2D eigenvalue weighted by molar-refractivity contribution is -0.132. The third-order valence-corrected chi connectivity index (χ3v) is 5.15. The summed E-state index contributed by atoms with van der Waals surface area (Å²) >= 11 is 0. The van der Waals surface area contributed by atoms with Gasteiger partial charge in [0.15, 0.2) is 0 Å². The number of rotatable bonds is 6. The number of nitrogens with zero attached hydrogens (tertiary/aromatic N) is 5. The Balaban J connectivity index is 1.55. The molecule has 0 radical (unpaired) electrons. The maximum Gasteiger partial charge on any atom is 0.254 e. The van der Waals surface area contributed by atoms with Crippen molar-refractivity contribution >= 4 is 5.91 Å². The predicted octanol–water partition coefficient (Wildman–Crippen LogP) is 3.14. The van der Waals surface area contributed by atoms with E-state index in [1.54, 1.807) is 18.5 Å². The lowest BCUT2D eigenvalue weighted by Crippen LogP contribution is -2.31. The molecule has 0 saturated carbocycles. The van der Waals surface area contributed by atoms with Crippen molar-refractivity contribution in [3.05, 3.63) is 54.1 Å². The second-order valence-electron chi connectivity index (χ2n) is 7.03. The Bertz CT molecular complexity index is 989. The highest BCUT2D eigenvalue weighted by molar-refractivity contribution is 5.78. The summed E-state index contributed by atoms with van der Waals surface area (Å²) in [7, 11) is 1.53. The third-order valence-electron chi connectivity index (χ3n) is 5.15. The summed E-state index contributed by atoms with van der Waals surface area (Å²) in [6.07, 6.45) is 8.02. The Labute approximate surface area is 168 Å². The molecule has 0 aromatic carbocycles. The fraction of sp³-hybridized carbons (Fsp3) is 0.381. The number of carbonyl (C=O) groups excluding carboxylic acids is 1. The van der Waals surface area contributed by atoms with Crippen LogP contribution in [-0.4, -0.2) is 44.6 Å². The lowest BCUT2D eigenvalue weighted by Gasteiger charge is -2.26. The molecule has 29 heavy (non-hydrogen) atoms. The van der Waals surface area contributed by atoms with Gasteiger partial charge in [0.1, 0.15) is 11.6 Å². The monoisotopic (exact) mass is 393 g/mol. The Morgan fingerprint density at radius 2 is 2.17 bits per heavy atom. The van der Waals surface area contributed by atoms with Gasteiger partial charge in [-0.3, -0.25) is 9.78 Å². The smallest absolute Gasteiger partial charge is 0.254 e. The highest BCUT2D eigenvalue weighted by Crippen LogP contribution is 2.36. The van der Waals surface area contributed by atoms with Crippen LogP contribution in [0.15, 0.2) is 41.3 Å². The summed E-state index contributed by atoms with van der Waals surface area (Å²) in [4.78, 5) is 28.1. The van der Waals surface area contributed by atoms with E-state index in [0.717, 1.165) is 36.2 Å². The van der Waals surface area contributed by atoms with Gasteiger partial charge >= 0.3 is 0 Å². The Morgan fingerprint density at radius 3 is 2.93 bits per heavy atom. The molecular weight excluding hydrogens is 370 g/mol. The number of hydrogen-bond donors (Lipinski definition) is 0. The molecule has 1 saturated heterocycles. The maximum absolute atomic E-state index is 13.0. The van der Waals surface area contributed by atoms with Crippen LogP contribution in [0.25, 0.3) is 11.1 Å². The first kappa shape index (κ1) is 19.0. The van der Waals surface area contributed by atoms with Gasteiger partial charge in [-0.15, -0.1) is 0 Å². The molecular formula is C21H23N5O3. The zero-order valence-corrected chi connectivity index (χ0v) is 16.5. The predicted molar refractivity (Wildman–Crippen MR) is 105 cm³/mol. The van der Waals surface area contributed by atoms with Gasteiger partial charge in [0.2, 0.25) is 5.91 Å². The van der Waals surface area contributed by atoms with E-state index in [4.69, 9.17) is 14.2 Å². The van der Waals surface area contributed by atoms with E-state index in [-0.39, 0.29) is 11.9 Å². The summed E-state index contributed by atoms with van der Waals surface area (Å²) in [5.74, 6) is 1.84. The minimum absolute atomic E-state index is 0.0587. The molecule has 8 heteroatoms. The fourth-order valence-corrected chi connectivity index (χ4v) is 3.73. The van der Waals surface area contributed by atoms with Crippen molar-refractivity contribution in [1.82, 2.24) is 25.0 Å². The minimum Gasteiger partial charge on any atom is -0.479 e. The Hall–Kier alpha value is -3.29. The van der Waals surface area contributed by atoms with E-state index in [0.29, 0.717) is 30.3 Å². The first-order chi connectivity index (χ1) is 14.2. The quantitative estimate of drug-likeness (QED) is 0.635. The van der Waals surface area contributed by atoms with Crippen LogP contribution < -0.4 is 4.74 Å². The zero-order valence-electron chi connectivity index (χ0n) is 16.5. The van der Waals surface area contributed by atoms with E-state index in [2.05, 4.69) is 15.1 Å². The average molecular weight is 393 g/mol. The first-order valence-corrected chi connectivity index (χ1v) is 9.68. The topological polar surface area (TPSA) is 94.2 Å². The number of hydrogen-bond acceptors (Lipinski definition) is 7. The summed E-state index contributed by atoms with van der Waals surface area (Å²) in [6, 6.07) is 5.53. The van der Waals surface area contributed by atoms with Crippen molar-refractivity contribution in [3.8, 4) is 17.0 Å². The number of methoxy groups -OCH3 is 1. The summed E-state index contributed by atoms with van der Waals surface area (Å²) < 4.78 is 10.2. The molecule has 3 aromatic rings. The van der Waals surface area contributed by atoms with Gasteiger partial charge in [0.05, 0.1) is 18.8 Å². The zero-order chi connectivity index (χ0) is 20.2. The van der Waals surface area contributed by atoms with E-state index >= 15 is 0 Å². The molecule has 150 valence electrons. The summed E-state index contributed by atoms with van der Waals surface area (Å²) in [6.45, 7) is 2.60. The minimum atomic E-state index is -0.0587. The number of pyridine rings is 1. The van der Waals surface area contributed by atoms with E-state index in [9.17, 15) is 4.79 Å². The SMILES string of the molecule is COc1cc(CCC(=O)N2CCC[C@H]2c2nc(C)ncc2-c2ccncc2)on1. The molecule has 0 unspecified atom stereocenters. The van der Waals surface area contributed by atoms with Crippen LogP contribution in [0.5, 0.6) is 5.88 Å². The van der Waals surface area contributed by atoms with Crippen LogP contribution >= 0.6 is 0 Å². The highest BCUT2D eigenvalue weighted by atomic mass is 16.5. The Morgan fingerprint density at radius 1 is 1.34 bits per heavy atom. The lowest BCUT2D eigenvalue weighted by atomic mass is 10.0. The molecule has 0 bridgehead atoms. The normalized spacial score (nSPS) is 16.2. The molecule has 3 aromatic heterocycles. The second kappa shape index (κ2) is 8.38. The van der Waals surface area contributed by atoms with Gasteiger partial charge < -0.3 is 14.2 Å². The van der Waals surface area contributed by atoms with Crippen LogP contribution in [0.1, 0.15) is 42.6 Å². The van der Waals surface area contributed by atoms with Gasteiger partial charge in [-0.05, 0) is 42.6 Å². The van der Waals surface area contributed by atoms with Crippen molar-refractivity contribution in [3.63, 3.8) is 0 Å². The molecule has 1 amide bonds. The second-order valence-corrected chi connectivity index (χ2v) is 7.03. The summed E-state index contributed by atoms with van der Waals surface area (Å²) in [5, 5.41) is 3.78. The number of likely N-dealkylation sites (tertiary alicyclic amines) is 1. The first-order valence-electron chi connectivity index (χ1n) is 9.68. The van der Waals surface area contributed by atoms with Gasteiger partial charge in [-0.1, -0.05) is 0 Å². The molecule has 0 N–H and O–H groups in total. The van der Waals surface area contributed by atoms with Crippen molar-refractivity contribution in [2.75, 3.05) is 13.7 Å². The van der Waals surface area contributed by atoms with Gasteiger partial charge in [-0.25, -0.2) is 9.97 Å². The standard InChI is InChI=1S/C21H23N5O3/c1-14-23-13-17(15-7-9-22-10-8-15)21(24-14)18-4-3-11-26(18)20(27)6-5-16-12-19(28-2)25-29-16/h7-10,12-13,18H,3-6,11H2,1-2H3/t18-/m0/s1. The third kappa shape index (κ3) is 4.11. The van der Waals surface area contributed by atoms with Crippen molar-refractivity contribution in [2.24, 2.45) is 0 Å². The molecule has 1 aliphatic heterocycles. The number of ether oxygens (including phenoxy) is 1. The molecule has 0 spiro atoms. The average Bonchev–Trinajstić information content (AvgIpc) is 3.42. The number of carbonyl (C=O) groups is 1. The van der Waals surface area contributed by atoms with Crippen LogP contribution in [0.4, 0.5) is 0 Å². The van der Waals surface area contributed by atoms with Crippen molar-refractivity contribution < 1.29 is 14.1 Å². The van der Waals surface area contributed by atoms with Gasteiger partial charge in [0.25, 0.3) is 5.88 Å². The molecule has 4 heterocycles. The van der Waals surface area contributed by atoms with Crippen molar-refractivity contribution in [1.29, 1.82) is 0 Å². The Kier molecular flexibility index (Phi) is 5.50. The maximum atomic E-state index is 13.0. The van der Waals surface area contributed by atoms with E-state index in [1.165, 1.54) is 7.11 Å². The number of amides is 1. The molecule has 0 aliphatic carbocycles. The fourth-order valence-electron chi connectivity index (χ4n) is 3.73. The summed E-state index contributed by atoms with van der Waals surface area (Å²) in [5.41, 5.74) is 2.85. The molecule has 1 atom stereocenters. The molecule has 1 aliphatic rings. The van der Waals surface area contributed by atoms with Crippen molar-refractivity contribution in [2.45, 2.75) is 38.6 Å². The highest BCUT2D eigenvalue weighted by Gasteiger charge is 2.32. The number of aryl methyl sites for hydroxylation is 2. The van der Waals surface area contributed by atoms with Gasteiger partial charge in [0, 0.05) is 49.6 Å². The van der Waals surface area contributed by atoms with Crippen LogP contribution in [0, 0.1) is 6.92 Å². The van der Waals surface area contributed by atoms with Crippen LogP contribution in [0.3, 0.4) is 0 Å². The largest absolute Gasteiger partial charge is 0.479 e. The molecule has 1 fully saturated rings. The molecule has 8 nitrogen and oxygen atoms in total. The van der Waals surface area contributed by atoms with Crippen LogP contribution in [0.2, 0.25) is 0 Å². The number of aromatic nitrogens is 4. The van der Waals surface area contributed by atoms with E-state index < -0.39 is 0 Å². The molecule has 4 rings (SSSR count). The van der Waals surface area contributed by atoms with Crippen LogP contribution in [-0.2, 0) is 11.2 Å².